The minimum Gasteiger partial charge on any atom is -0.388 e. The number of anilines is 1. The van der Waals surface area contributed by atoms with Crippen LogP contribution in [0.25, 0.3) is 0 Å². The predicted molar refractivity (Wildman–Crippen MR) is 83.4 cm³/mol. The lowest BCUT2D eigenvalue weighted by Crippen LogP contribution is -2.32. The van der Waals surface area contributed by atoms with Crippen LogP contribution in [0.4, 0.5) is 19.1 Å². The van der Waals surface area contributed by atoms with Gasteiger partial charge < -0.3 is 10.0 Å². The first-order valence-electron chi connectivity index (χ1n) is 7.85. The van der Waals surface area contributed by atoms with Crippen molar-refractivity contribution in [3.8, 4) is 0 Å². The first kappa shape index (κ1) is 16.7. The number of halogens is 3. The molecule has 24 heavy (non-hydrogen) atoms. The minimum atomic E-state index is -4.49. The quantitative estimate of drug-likeness (QED) is 0.926. The summed E-state index contributed by atoms with van der Waals surface area (Å²) in [5.41, 5.74) is -0.143. The highest BCUT2D eigenvalue weighted by molar-refractivity contribution is 5.34. The van der Waals surface area contributed by atoms with Gasteiger partial charge in [0.15, 0.2) is 0 Å². The van der Waals surface area contributed by atoms with Crippen LogP contribution in [0.2, 0.25) is 0 Å². The van der Waals surface area contributed by atoms with E-state index in [0.717, 1.165) is 30.7 Å². The number of rotatable bonds is 4. The molecule has 1 aliphatic heterocycles. The Morgan fingerprint density at radius 1 is 1.21 bits per heavy atom. The van der Waals surface area contributed by atoms with Crippen LogP contribution in [0.15, 0.2) is 42.6 Å². The fourth-order valence-corrected chi connectivity index (χ4v) is 3.06. The third-order valence-electron chi connectivity index (χ3n) is 4.25. The third-order valence-corrected chi connectivity index (χ3v) is 4.25. The fraction of sp³-hybridized carbons (Fsp3) is 0.412. The molecule has 7 heteroatoms. The number of aliphatic hydroxyl groups excluding tert-OH is 1. The minimum absolute atomic E-state index is 0.0765. The molecular weight excluding hydrogens is 319 g/mol. The zero-order valence-electron chi connectivity index (χ0n) is 12.9. The van der Waals surface area contributed by atoms with Crippen molar-refractivity contribution in [3.05, 3.63) is 53.9 Å². The Bertz CT molecular complexity index is 678. The molecule has 2 heterocycles. The molecule has 1 aromatic heterocycles. The molecule has 4 nitrogen and oxygen atoms in total. The normalized spacial score (nSPS) is 19.5. The molecule has 1 N–H and O–H groups in total. The predicted octanol–water partition coefficient (Wildman–Crippen LogP) is 3.59. The van der Waals surface area contributed by atoms with E-state index in [4.69, 9.17) is 0 Å². The van der Waals surface area contributed by atoms with Crippen molar-refractivity contribution in [3.63, 3.8) is 0 Å². The maximum atomic E-state index is 12.8. The number of aromatic nitrogens is 2. The van der Waals surface area contributed by atoms with Crippen LogP contribution in [0, 0.1) is 0 Å². The molecule has 0 aliphatic carbocycles. The van der Waals surface area contributed by atoms with Gasteiger partial charge in [-0.3, -0.25) is 0 Å². The van der Waals surface area contributed by atoms with E-state index < -0.39 is 18.0 Å². The molecule has 0 spiro atoms. The van der Waals surface area contributed by atoms with Crippen molar-refractivity contribution in [1.29, 1.82) is 0 Å². The average Bonchev–Trinajstić information content (AvgIpc) is 3.03. The first-order chi connectivity index (χ1) is 11.4. The molecular formula is C17H18F3N3O. The van der Waals surface area contributed by atoms with Crippen LogP contribution in [-0.2, 0) is 6.18 Å². The van der Waals surface area contributed by atoms with Crippen molar-refractivity contribution >= 4 is 5.95 Å². The number of hydrogen-bond donors (Lipinski definition) is 1. The molecule has 1 fully saturated rings. The Balaban J connectivity index is 1.76. The molecule has 0 bridgehead atoms. The summed E-state index contributed by atoms with van der Waals surface area (Å²) >= 11 is 0. The van der Waals surface area contributed by atoms with Gasteiger partial charge in [0.2, 0.25) is 5.95 Å². The highest BCUT2D eigenvalue weighted by Crippen LogP contribution is 2.32. The summed E-state index contributed by atoms with van der Waals surface area (Å²) in [5.74, 6) is 0.0765. The second-order valence-corrected chi connectivity index (χ2v) is 5.89. The van der Waals surface area contributed by atoms with Gasteiger partial charge in [0.1, 0.15) is 5.69 Å². The average molecular weight is 337 g/mol. The second kappa shape index (κ2) is 6.76. The Morgan fingerprint density at radius 2 is 1.96 bits per heavy atom. The van der Waals surface area contributed by atoms with Gasteiger partial charge in [0.25, 0.3) is 0 Å². The van der Waals surface area contributed by atoms with Gasteiger partial charge in [-0.05, 0) is 30.9 Å². The maximum absolute atomic E-state index is 12.8. The summed E-state index contributed by atoms with van der Waals surface area (Å²) in [5, 5.41) is 10.4. The molecule has 1 saturated heterocycles. The van der Waals surface area contributed by atoms with Crippen molar-refractivity contribution in [2.24, 2.45) is 0 Å². The van der Waals surface area contributed by atoms with Gasteiger partial charge in [0.05, 0.1) is 6.10 Å². The number of alkyl halides is 3. The lowest BCUT2D eigenvalue weighted by Gasteiger charge is -2.27. The largest absolute Gasteiger partial charge is 0.433 e. The topological polar surface area (TPSA) is 49.2 Å². The van der Waals surface area contributed by atoms with Crippen LogP contribution < -0.4 is 4.90 Å². The summed E-state index contributed by atoms with van der Waals surface area (Å²) in [6.45, 7) is 0.591. The zero-order valence-corrected chi connectivity index (χ0v) is 12.9. The highest BCUT2D eigenvalue weighted by Gasteiger charge is 2.35. The number of benzene rings is 1. The molecule has 3 rings (SSSR count). The number of nitrogens with zero attached hydrogens (tertiary/aromatic N) is 3. The fourth-order valence-electron chi connectivity index (χ4n) is 3.06. The van der Waals surface area contributed by atoms with Crippen LogP contribution in [-0.4, -0.2) is 27.7 Å². The van der Waals surface area contributed by atoms with Gasteiger partial charge >= 0.3 is 6.18 Å². The standard InChI is InChI=1S/C17H18F3N3O/c18-17(19,20)15-8-9-21-16(22-15)23-10-4-7-13(23)11-14(24)12-5-2-1-3-6-12/h1-3,5-6,8-9,13-14,24H,4,7,10-11H2. The lowest BCUT2D eigenvalue weighted by molar-refractivity contribution is -0.141. The Labute approximate surface area is 138 Å². The highest BCUT2D eigenvalue weighted by atomic mass is 19.4. The van der Waals surface area contributed by atoms with Crippen molar-refractivity contribution in [2.75, 3.05) is 11.4 Å². The van der Waals surface area contributed by atoms with Gasteiger partial charge in [-0.1, -0.05) is 30.3 Å². The monoisotopic (exact) mass is 337 g/mol. The third kappa shape index (κ3) is 3.67. The Hall–Kier alpha value is -2.15. The molecule has 128 valence electrons. The van der Waals surface area contributed by atoms with Gasteiger partial charge in [-0.25, -0.2) is 9.97 Å². The SMILES string of the molecule is OC(CC1CCCN1c1nccc(C(F)(F)F)n1)c1ccccc1. The van der Waals surface area contributed by atoms with Gasteiger partial charge in [0, 0.05) is 18.8 Å². The van der Waals surface area contributed by atoms with Crippen molar-refractivity contribution in [1.82, 2.24) is 9.97 Å². The Kier molecular flexibility index (Phi) is 4.71. The van der Waals surface area contributed by atoms with E-state index in [1.165, 1.54) is 0 Å². The molecule has 1 aromatic carbocycles. The Morgan fingerprint density at radius 3 is 2.67 bits per heavy atom. The van der Waals surface area contributed by atoms with E-state index in [2.05, 4.69) is 9.97 Å². The van der Waals surface area contributed by atoms with Gasteiger partial charge in [-0.15, -0.1) is 0 Å². The zero-order chi connectivity index (χ0) is 17.2. The molecule has 2 aromatic rings. The summed E-state index contributed by atoms with van der Waals surface area (Å²) in [7, 11) is 0. The molecule has 2 atom stereocenters. The molecule has 0 radical (unpaired) electrons. The van der Waals surface area contributed by atoms with E-state index in [1.54, 1.807) is 4.90 Å². The van der Waals surface area contributed by atoms with E-state index in [0.29, 0.717) is 13.0 Å². The van der Waals surface area contributed by atoms with E-state index in [1.807, 2.05) is 30.3 Å². The molecule has 0 saturated carbocycles. The number of aliphatic hydroxyl groups is 1. The van der Waals surface area contributed by atoms with Crippen molar-refractivity contribution in [2.45, 2.75) is 37.6 Å². The van der Waals surface area contributed by atoms with Crippen LogP contribution in [0.1, 0.15) is 36.6 Å². The number of hydrogen-bond acceptors (Lipinski definition) is 4. The van der Waals surface area contributed by atoms with E-state index in [9.17, 15) is 18.3 Å². The molecule has 0 amide bonds. The van der Waals surface area contributed by atoms with Crippen LogP contribution in [0.5, 0.6) is 0 Å². The molecule has 2 unspecified atom stereocenters. The van der Waals surface area contributed by atoms with Crippen LogP contribution in [0.3, 0.4) is 0 Å². The van der Waals surface area contributed by atoms with Crippen LogP contribution >= 0.6 is 0 Å². The second-order valence-electron chi connectivity index (χ2n) is 5.89. The van der Waals surface area contributed by atoms with E-state index >= 15 is 0 Å². The lowest BCUT2D eigenvalue weighted by atomic mass is 10.0. The van der Waals surface area contributed by atoms with Crippen molar-refractivity contribution < 1.29 is 18.3 Å². The van der Waals surface area contributed by atoms with E-state index in [-0.39, 0.29) is 12.0 Å². The molecule has 1 aliphatic rings. The first-order valence-corrected chi connectivity index (χ1v) is 7.85. The van der Waals surface area contributed by atoms with Gasteiger partial charge in [-0.2, -0.15) is 13.2 Å². The smallest absolute Gasteiger partial charge is 0.388 e. The summed E-state index contributed by atoms with van der Waals surface area (Å²) in [6.07, 6.45) is -1.95. The maximum Gasteiger partial charge on any atom is 0.433 e. The summed E-state index contributed by atoms with van der Waals surface area (Å²) < 4.78 is 38.5. The summed E-state index contributed by atoms with van der Waals surface area (Å²) in [4.78, 5) is 9.43. The summed E-state index contributed by atoms with van der Waals surface area (Å²) in [6, 6.07) is 10.0.